The highest BCUT2D eigenvalue weighted by molar-refractivity contribution is 7.11. The van der Waals surface area contributed by atoms with Crippen molar-refractivity contribution >= 4 is 17.2 Å². The SMILES string of the molecule is Cc1nnc(CN2CCC(C(=O)NCc3ccco3)CC2)s1. The first-order chi connectivity index (χ1) is 10.7. The van der Waals surface area contributed by atoms with Crippen molar-refractivity contribution in [3.8, 4) is 0 Å². The van der Waals surface area contributed by atoms with E-state index in [0.717, 1.165) is 48.3 Å². The summed E-state index contributed by atoms with van der Waals surface area (Å²) in [5.74, 6) is 1.02. The van der Waals surface area contributed by atoms with Gasteiger partial charge in [-0.25, -0.2) is 0 Å². The molecule has 0 bridgehead atoms. The second-order valence-corrected chi connectivity index (χ2v) is 6.83. The first-order valence-electron chi connectivity index (χ1n) is 7.52. The van der Waals surface area contributed by atoms with Gasteiger partial charge in [0.05, 0.1) is 19.4 Å². The van der Waals surface area contributed by atoms with Crippen LogP contribution in [0.5, 0.6) is 0 Å². The van der Waals surface area contributed by atoms with Crippen LogP contribution in [0.1, 0.15) is 28.6 Å². The molecule has 0 aromatic carbocycles. The van der Waals surface area contributed by atoms with Gasteiger partial charge in [0, 0.05) is 5.92 Å². The molecule has 0 unspecified atom stereocenters. The summed E-state index contributed by atoms with van der Waals surface area (Å²) in [6, 6.07) is 3.70. The lowest BCUT2D eigenvalue weighted by molar-refractivity contribution is -0.126. The smallest absolute Gasteiger partial charge is 0.223 e. The van der Waals surface area contributed by atoms with Gasteiger partial charge >= 0.3 is 0 Å². The van der Waals surface area contributed by atoms with Crippen LogP contribution < -0.4 is 5.32 Å². The van der Waals surface area contributed by atoms with Gasteiger partial charge in [0.25, 0.3) is 0 Å². The minimum Gasteiger partial charge on any atom is -0.467 e. The molecule has 6 nitrogen and oxygen atoms in total. The monoisotopic (exact) mass is 320 g/mol. The highest BCUT2D eigenvalue weighted by atomic mass is 32.1. The zero-order valence-corrected chi connectivity index (χ0v) is 13.4. The molecule has 7 heteroatoms. The number of piperidine rings is 1. The Morgan fingerprint density at radius 1 is 1.45 bits per heavy atom. The van der Waals surface area contributed by atoms with Gasteiger partial charge in [-0.15, -0.1) is 21.5 Å². The Labute approximate surface area is 133 Å². The topological polar surface area (TPSA) is 71.3 Å². The van der Waals surface area contributed by atoms with Gasteiger partial charge in [0.2, 0.25) is 5.91 Å². The number of aromatic nitrogens is 2. The van der Waals surface area contributed by atoms with Gasteiger partial charge in [-0.3, -0.25) is 9.69 Å². The molecule has 3 rings (SSSR count). The van der Waals surface area contributed by atoms with Crippen LogP contribution in [0, 0.1) is 12.8 Å². The van der Waals surface area contributed by atoms with E-state index in [9.17, 15) is 4.79 Å². The van der Waals surface area contributed by atoms with Gasteiger partial charge in [0.1, 0.15) is 15.8 Å². The number of hydrogen-bond acceptors (Lipinski definition) is 6. The standard InChI is InChI=1S/C15H20N4O2S/c1-11-17-18-14(22-11)10-19-6-4-12(5-7-19)15(20)16-9-13-3-2-8-21-13/h2-3,8,12H,4-7,9-10H2,1H3,(H,16,20). The summed E-state index contributed by atoms with van der Waals surface area (Å²) < 4.78 is 5.22. The number of nitrogens with one attached hydrogen (secondary N) is 1. The Morgan fingerprint density at radius 3 is 2.91 bits per heavy atom. The molecule has 22 heavy (non-hydrogen) atoms. The number of nitrogens with zero attached hydrogens (tertiary/aromatic N) is 3. The Kier molecular flexibility index (Phi) is 4.84. The number of furan rings is 1. The third-order valence-electron chi connectivity index (χ3n) is 3.90. The van der Waals surface area contributed by atoms with E-state index >= 15 is 0 Å². The predicted molar refractivity (Wildman–Crippen MR) is 83.2 cm³/mol. The Morgan fingerprint density at radius 2 is 2.27 bits per heavy atom. The largest absolute Gasteiger partial charge is 0.467 e. The van der Waals surface area contributed by atoms with E-state index in [4.69, 9.17) is 4.42 Å². The van der Waals surface area contributed by atoms with Gasteiger partial charge in [-0.05, 0) is 45.0 Å². The number of carbonyl (C=O) groups is 1. The van der Waals surface area contributed by atoms with Crippen LogP contribution in [0.3, 0.4) is 0 Å². The molecule has 1 saturated heterocycles. The number of hydrogen-bond donors (Lipinski definition) is 1. The normalized spacial score (nSPS) is 16.8. The third-order valence-corrected chi connectivity index (χ3v) is 4.73. The number of amides is 1. The van der Waals surface area contributed by atoms with Crippen molar-refractivity contribution < 1.29 is 9.21 Å². The lowest BCUT2D eigenvalue weighted by Crippen LogP contribution is -2.40. The molecule has 0 aliphatic carbocycles. The fourth-order valence-electron chi connectivity index (χ4n) is 2.68. The van der Waals surface area contributed by atoms with Crippen LogP contribution in [0.15, 0.2) is 22.8 Å². The molecule has 1 amide bonds. The first kappa shape index (κ1) is 15.2. The van der Waals surface area contributed by atoms with Crippen molar-refractivity contribution in [1.29, 1.82) is 0 Å². The van der Waals surface area contributed by atoms with Gasteiger partial charge in [0.15, 0.2) is 0 Å². The molecule has 1 fully saturated rings. The summed E-state index contributed by atoms with van der Waals surface area (Å²) in [4.78, 5) is 14.5. The van der Waals surface area contributed by atoms with Crippen molar-refractivity contribution in [2.24, 2.45) is 5.92 Å². The second kappa shape index (κ2) is 7.02. The number of rotatable bonds is 5. The highest BCUT2D eigenvalue weighted by Gasteiger charge is 2.25. The summed E-state index contributed by atoms with van der Waals surface area (Å²) in [5, 5.41) is 13.2. The van der Waals surface area contributed by atoms with Crippen molar-refractivity contribution in [1.82, 2.24) is 20.4 Å². The van der Waals surface area contributed by atoms with Crippen molar-refractivity contribution in [3.05, 3.63) is 34.2 Å². The Balaban J connectivity index is 1.42. The summed E-state index contributed by atoms with van der Waals surface area (Å²) in [6.45, 7) is 5.13. The summed E-state index contributed by atoms with van der Waals surface area (Å²) in [5.41, 5.74) is 0. The Hall–Kier alpha value is -1.73. The molecule has 3 heterocycles. The second-order valence-electron chi connectivity index (χ2n) is 5.56. The van der Waals surface area contributed by atoms with E-state index in [2.05, 4.69) is 20.4 Å². The number of likely N-dealkylation sites (tertiary alicyclic amines) is 1. The molecule has 0 radical (unpaired) electrons. The lowest BCUT2D eigenvalue weighted by atomic mass is 9.96. The predicted octanol–water partition coefficient (Wildman–Crippen LogP) is 1.97. The summed E-state index contributed by atoms with van der Waals surface area (Å²) in [6.07, 6.45) is 3.40. The molecule has 2 aromatic heterocycles. The van der Waals surface area contributed by atoms with E-state index in [1.807, 2.05) is 19.1 Å². The maximum Gasteiger partial charge on any atom is 0.223 e. The molecular formula is C15H20N4O2S. The fourth-order valence-corrected chi connectivity index (χ4v) is 3.43. The van der Waals surface area contributed by atoms with E-state index in [-0.39, 0.29) is 11.8 Å². The zero-order valence-electron chi connectivity index (χ0n) is 12.6. The van der Waals surface area contributed by atoms with E-state index in [1.165, 1.54) is 0 Å². The maximum atomic E-state index is 12.2. The lowest BCUT2D eigenvalue weighted by Gasteiger charge is -2.30. The Bertz CT molecular complexity index is 603. The van der Waals surface area contributed by atoms with Gasteiger partial charge in [-0.1, -0.05) is 0 Å². The van der Waals surface area contributed by atoms with Crippen molar-refractivity contribution in [2.75, 3.05) is 13.1 Å². The van der Waals surface area contributed by atoms with E-state index < -0.39 is 0 Å². The molecule has 0 atom stereocenters. The molecule has 0 saturated carbocycles. The van der Waals surface area contributed by atoms with Crippen molar-refractivity contribution in [2.45, 2.75) is 32.9 Å². The fraction of sp³-hybridized carbons (Fsp3) is 0.533. The van der Waals surface area contributed by atoms with Gasteiger partial charge in [-0.2, -0.15) is 0 Å². The first-order valence-corrected chi connectivity index (χ1v) is 8.34. The molecule has 1 aliphatic rings. The molecule has 1 N–H and O–H groups in total. The van der Waals surface area contributed by atoms with Crippen LogP contribution in [-0.2, 0) is 17.9 Å². The number of aryl methyl sites for hydroxylation is 1. The summed E-state index contributed by atoms with van der Waals surface area (Å²) >= 11 is 1.64. The quantitative estimate of drug-likeness (QED) is 0.912. The minimum absolute atomic E-state index is 0.0994. The van der Waals surface area contributed by atoms with Crippen LogP contribution in [0.25, 0.3) is 0 Å². The number of carbonyl (C=O) groups excluding carboxylic acids is 1. The minimum atomic E-state index is 0.0994. The zero-order chi connectivity index (χ0) is 15.4. The van der Waals surface area contributed by atoms with E-state index in [1.54, 1.807) is 17.6 Å². The average molecular weight is 320 g/mol. The van der Waals surface area contributed by atoms with E-state index in [0.29, 0.717) is 6.54 Å². The van der Waals surface area contributed by atoms with Crippen molar-refractivity contribution in [3.63, 3.8) is 0 Å². The molecule has 118 valence electrons. The molecular weight excluding hydrogens is 300 g/mol. The van der Waals surface area contributed by atoms with Crippen LogP contribution in [0.4, 0.5) is 0 Å². The molecule has 0 spiro atoms. The molecule has 2 aromatic rings. The van der Waals surface area contributed by atoms with Gasteiger partial charge < -0.3 is 9.73 Å². The maximum absolute atomic E-state index is 12.2. The highest BCUT2D eigenvalue weighted by Crippen LogP contribution is 2.20. The average Bonchev–Trinajstić information content (AvgIpc) is 3.17. The van der Waals surface area contributed by atoms with Crippen LogP contribution in [-0.4, -0.2) is 34.1 Å². The third kappa shape index (κ3) is 3.92. The molecule has 1 aliphatic heterocycles. The van der Waals surface area contributed by atoms with Crippen LogP contribution >= 0.6 is 11.3 Å². The summed E-state index contributed by atoms with van der Waals surface area (Å²) in [7, 11) is 0. The van der Waals surface area contributed by atoms with Crippen LogP contribution in [0.2, 0.25) is 0 Å².